The van der Waals surface area contributed by atoms with E-state index in [0.717, 1.165) is 11.1 Å². The number of halogens is 1. The van der Waals surface area contributed by atoms with Gasteiger partial charge >= 0.3 is 0 Å². The summed E-state index contributed by atoms with van der Waals surface area (Å²) in [6.07, 6.45) is 1.46. The lowest BCUT2D eigenvalue weighted by Gasteiger charge is -2.29. The molecule has 0 unspecified atom stereocenters. The minimum atomic E-state index is -0.518. The predicted molar refractivity (Wildman–Crippen MR) is 145 cm³/mol. The number of fused-ring (bicyclic) bond motifs is 1. The third-order valence-corrected chi connectivity index (χ3v) is 6.46. The highest BCUT2D eigenvalue weighted by Gasteiger charge is 2.33. The van der Waals surface area contributed by atoms with E-state index < -0.39 is 6.04 Å². The molecule has 0 aliphatic carbocycles. The molecule has 0 fully saturated rings. The van der Waals surface area contributed by atoms with Gasteiger partial charge in [0.2, 0.25) is 5.95 Å². The van der Waals surface area contributed by atoms with Crippen LogP contribution in [-0.4, -0.2) is 34.9 Å². The lowest BCUT2D eigenvalue weighted by atomic mass is 9.95. The van der Waals surface area contributed by atoms with E-state index in [1.54, 1.807) is 37.1 Å². The Balaban J connectivity index is 1.42. The smallest absolute Gasteiger partial charge is 0.255 e. The van der Waals surface area contributed by atoms with Crippen molar-refractivity contribution >= 4 is 29.1 Å². The molecule has 2 heterocycles. The molecular formula is C28H26ClN5O4. The monoisotopic (exact) mass is 531 g/mol. The number of ether oxygens (including phenoxy) is 3. The molecule has 2 N–H and O–H groups in total. The largest absolute Gasteiger partial charge is 0.497 e. The van der Waals surface area contributed by atoms with Crippen LogP contribution in [0.4, 0.5) is 11.6 Å². The van der Waals surface area contributed by atoms with Gasteiger partial charge in [-0.3, -0.25) is 4.79 Å². The summed E-state index contributed by atoms with van der Waals surface area (Å²) < 4.78 is 18.4. The molecule has 3 aromatic carbocycles. The third kappa shape index (κ3) is 5.14. The van der Waals surface area contributed by atoms with E-state index in [1.165, 1.54) is 6.33 Å². The second-order valence-corrected chi connectivity index (χ2v) is 9.04. The highest BCUT2D eigenvalue weighted by molar-refractivity contribution is 6.30. The van der Waals surface area contributed by atoms with Crippen LogP contribution < -0.4 is 24.8 Å². The zero-order valence-corrected chi connectivity index (χ0v) is 21.8. The van der Waals surface area contributed by atoms with E-state index in [9.17, 15) is 4.79 Å². The van der Waals surface area contributed by atoms with Crippen LogP contribution in [0.25, 0.3) is 0 Å². The molecule has 194 valence electrons. The van der Waals surface area contributed by atoms with Crippen LogP contribution in [0, 0.1) is 0 Å². The van der Waals surface area contributed by atoms with Crippen molar-refractivity contribution in [1.82, 2.24) is 14.8 Å². The Morgan fingerprint density at radius 2 is 1.76 bits per heavy atom. The highest BCUT2D eigenvalue weighted by atomic mass is 35.5. The number of nitrogens with zero attached hydrogens (tertiary/aromatic N) is 3. The second-order valence-electron chi connectivity index (χ2n) is 8.60. The van der Waals surface area contributed by atoms with Gasteiger partial charge in [-0.05, 0) is 54.4 Å². The molecule has 1 aromatic heterocycles. The number of allylic oxidation sites excluding steroid dienone is 1. The first-order chi connectivity index (χ1) is 18.5. The average Bonchev–Trinajstić information content (AvgIpc) is 3.40. The van der Waals surface area contributed by atoms with Crippen LogP contribution in [0.2, 0.25) is 5.02 Å². The lowest BCUT2D eigenvalue weighted by molar-refractivity contribution is -0.113. The fourth-order valence-electron chi connectivity index (χ4n) is 4.29. The van der Waals surface area contributed by atoms with Gasteiger partial charge in [0.15, 0.2) is 0 Å². The van der Waals surface area contributed by atoms with E-state index in [1.807, 2.05) is 55.5 Å². The summed E-state index contributed by atoms with van der Waals surface area (Å²) in [5, 5.41) is 11.2. The van der Waals surface area contributed by atoms with Crippen molar-refractivity contribution in [2.45, 2.75) is 19.6 Å². The van der Waals surface area contributed by atoms with Gasteiger partial charge in [-0.1, -0.05) is 35.9 Å². The number of benzene rings is 3. The number of hydrogen-bond acceptors (Lipinski definition) is 7. The first-order valence-electron chi connectivity index (χ1n) is 11.8. The fourth-order valence-corrected chi connectivity index (χ4v) is 4.41. The van der Waals surface area contributed by atoms with Gasteiger partial charge in [0.1, 0.15) is 36.2 Å². The van der Waals surface area contributed by atoms with Crippen molar-refractivity contribution in [3.05, 3.63) is 100 Å². The van der Waals surface area contributed by atoms with Gasteiger partial charge in [-0.15, -0.1) is 0 Å². The third-order valence-electron chi connectivity index (χ3n) is 6.21. The molecule has 5 rings (SSSR count). The van der Waals surface area contributed by atoms with Gasteiger partial charge in [0.05, 0.1) is 25.5 Å². The molecule has 1 aliphatic heterocycles. The maximum Gasteiger partial charge on any atom is 0.255 e. The van der Waals surface area contributed by atoms with E-state index in [-0.39, 0.29) is 5.91 Å². The zero-order chi connectivity index (χ0) is 26.6. The zero-order valence-electron chi connectivity index (χ0n) is 21.1. The molecule has 1 aliphatic rings. The summed E-state index contributed by atoms with van der Waals surface area (Å²) >= 11 is 5.97. The quantitative estimate of drug-likeness (QED) is 0.311. The number of methoxy groups -OCH3 is 2. The molecule has 0 radical (unpaired) electrons. The van der Waals surface area contributed by atoms with Gasteiger partial charge in [-0.2, -0.15) is 10.1 Å². The van der Waals surface area contributed by atoms with E-state index in [0.29, 0.717) is 51.8 Å². The summed E-state index contributed by atoms with van der Waals surface area (Å²) in [6, 6.07) is 19.8. The second kappa shape index (κ2) is 10.9. The first kappa shape index (κ1) is 25.2. The Labute approximate surface area is 225 Å². The molecule has 1 atom stereocenters. The number of carbonyl (C=O) groups excluding carboxylic acids is 1. The molecule has 4 aromatic rings. The van der Waals surface area contributed by atoms with Gasteiger partial charge < -0.3 is 24.8 Å². The van der Waals surface area contributed by atoms with Crippen LogP contribution in [0.15, 0.2) is 84.3 Å². The number of carbonyl (C=O) groups is 1. The summed E-state index contributed by atoms with van der Waals surface area (Å²) in [5.74, 6) is 2.05. The van der Waals surface area contributed by atoms with Crippen molar-refractivity contribution in [3.63, 3.8) is 0 Å². The number of anilines is 2. The molecule has 0 bridgehead atoms. The Kier molecular flexibility index (Phi) is 7.19. The molecule has 10 heteroatoms. The summed E-state index contributed by atoms with van der Waals surface area (Å²) in [4.78, 5) is 18.0. The van der Waals surface area contributed by atoms with Gasteiger partial charge in [-0.25, -0.2) is 4.68 Å². The van der Waals surface area contributed by atoms with Crippen molar-refractivity contribution in [3.8, 4) is 17.2 Å². The van der Waals surface area contributed by atoms with Crippen molar-refractivity contribution in [1.29, 1.82) is 0 Å². The lowest BCUT2D eigenvalue weighted by Crippen LogP contribution is -2.31. The average molecular weight is 532 g/mol. The minimum Gasteiger partial charge on any atom is -0.497 e. The molecule has 38 heavy (non-hydrogen) atoms. The number of rotatable bonds is 8. The standard InChI is InChI=1S/C28H26ClN5O4/c1-17-25(27(35)33-23-14-22(36-2)12-13-24(23)37-3)26(34-28(32-17)30-16-31-34)19-6-10-21(11-7-19)38-15-18-4-8-20(29)9-5-18/h4-14,16,26H,15H2,1-3H3,(H,33,35)(H,30,31,32)/t26-/m1/s1. The van der Waals surface area contributed by atoms with E-state index in [2.05, 4.69) is 20.7 Å². The Bertz CT molecular complexity index is 1480. The Morgan fingerprint density at radius 3 is 2.47 bits per heavy atom. The molecule has 0 saturated carbocycles. The minimum absolute atomic E-state index is 0.309. The highest BCUT2D eigenvalue weighted by Crippen LogP contribution is 2.37. The Hall–Kier alpha value is -4.50. The van der Waals surface area contributed by atoms with Crippen LogP contribution in [0.3, 0.4) is 0 Å². The number of amides is 1. The Morgan fingerprint density at radius 1 is 1.03 bits per heavy atom. The van der Waals surface area contributed by atoms with E-state index >= 15 is 0 Å². The maximum atomic E-state index is 13.7. The van der Waals surface area contributed by atoms with Crippen molar-refractivity contribution in [2.24, 2.45) is 0 Å². The summed E-state index contributed by atoms with van der Waals surface area (Å²) in [6.45, 7) is 2.25. The normalized spacial score (nSPS) is 14.4. The summed E-state index contributed by atoms with van der Waals surface area (Å²) in [7, 11) is 3.11. The number of aromatic nitrogens is 3. The SMILES string of the molecule is COc1ccc(OC)c(NC(=O)C2=C(C)Nc3ncnn3[C@@H]2c2ccc(OCc3ccc(Cl)cc3)cc2)c1. The van der Waals surface area contributed by atoms with Crippen molar-refractivity contribution in [2.75, 3.05) is 24.9 Å². The number of hydrogen-bond donors (Lipinski definition) is 2. The van der Waals surface area contributed by atoms with Crippen molar-refractivity contribution < 1.29 is 19.0 Å². The molecule has 9 nitrogen and oxygen atoms in total. The number of nitrogens with one attached hydrogen (secondary N) is 2. The topological polar surface area (TPSA) is 99.5 Å². The van der Waals surface area contributed by atoms with Crippen LogP contribution in [0.5, 0.6) is 17.2 Å². The molecular weight excluding hydrogens is 506 g/mol. The van der Waals surface area contributed by atoms with Crippen LogP contribution >= 0.6 is 11.6 Å². The fraction of sp³-hybridized carbons (Fsp3) is 0.179. The molecule has 0 spiro atoms. The first-order valence-corrected chi connectivity index (χ1v) is 12.2. The predicted octanol–water partition coefficient (Wildman–Crippen LogP) is 5.46. The summed E-state index contributed by atoms with van der Waals surface area (Å²) in [5.41, 5.74) is 3.50. The maximum absolute atomic E-state index is 13.7. The van der Waals surface area contributed by atoms with Gasteiger partial charge in [0.25, 0.3) is 5.91 Å². The van der Waals surface area contributed by atoms with Crippen LogP contribution in [0.1, 0.15) is 24.1 Å². The molecule has 0 saturated heterocycles. The van der Waals surface area contributed by atoms with E-state index in [4.69, 9.17) is 25.8 Å². The molecule has 1 amide bonds. The van der Waals surface area contributed by atoms with Crippen LogP contribution in [-0.2, 0) is 11.4 Å². The van der Waals surface area contributed by atoms with Gasteiger partial charge in [0, 0.05) is 16.8 Å².